The fourth-order valence-corrected chi connectivity index (χ4v) is 5.52. The third-order valence-corrected chi connectivity index (χ3v) is 5.97. The van der Waals surface area contributed by atoms with Crippen LogP contribution in [0.2, 0.25) is 0 Å². The van der Waals surface area contributed by atoms with E-state index in [1.54, 1.807) is 0 Å². The quantitative estimate of drug-likeness (QED) is 0.398. The molecule has 0 aromatic carbocycles. The molecule has 4 nitrogen and oxygen atoms in total. The number of rotatable bonds is 0. The third-order valence-electron chi connectivity index (χ3n) is 5.97. The smallest absolute Gasteiger partial charge is 0.0833 e. The lowest BCUT2D eigenvalue weighted by atomic mass is 9.67. The molecule has 4 aliphatic rings. The molecule has 16 heavy (non-hydrogen) atoms. The van der Waals surface area contributed by atoms with E-state index in [9.17, 15) is 20.4 Å². The van der Waals surface area contributed by atoms with E-state index in [0.29, 0.717) is 11.8 Å². The van der Waals surface area contributed by atoms with E-state index in [1.807, 2.05) is 0 Å². The molecule has 4 heteroatoms. The first kappa shape index (κ1) is 9.83. The number of fused-ring (bicyclic) bond motifs is 9. The molecule has 4 saturated carbocycles. The maximum absolute atomic E-state index is 9.92. The Labute approximate surface area is 93.9 Å². The molecule has 0 spiro atoms. The van der Waals surface area contributed by atoms with Crippen LogP contribution in [0.25, 0.3) is 0 Å². The summed E-state index contributed by atoms with van der Waals surface area (Å²) in [5.41, 5.74) is 0. The summed E-state index contributed by atoms with van der Waals surface area (Å²) in [4.78, 5) is 0. The molecular formula is C12H18O4. The van der Waals surface area contributed by atoms with Crippen LogP contribution in [0, 0.1) is 35.5 Å². The number of aliphatic hydroxyl groups excluding tert-OH is 4. The largest absolute Gasteiger partial charge is 0.390 e. The lowest BCUT2D eigenvalue weighted by molar-refractivity contribution is -0.119. The molecule has 4 rings (SSSR count). The summed E-state index contributed by atoms with van der Waals surface area (Å²) in [5, 5.41) is 39.7. The van der Waals surface area contributed by atoms with Gasteiger partial charge in [-0.15, -0.1) is 0 Å². The summed E-state index contributed by atoms with van der Waals surface area (Å²) in [6.07, 6.45) is -0.649. The van der Waals surface area contributed by atoms with Gasteiger partial charge < -0.3 is 20.4 Å². The van der Waals surface area contributed by atoms with Gasteiger partial charge >= 0.3 is 0 Å². The first-order chi connectivity index (χ1) is 7.61. The first-order valence-electron chi connectivity index (χ1n) is 6.33. The Kier molecular flexibility index (Phi) is 1.72. The van der Waals surface area contributed by atoms with Gasteiger partial charge in [0.25, 0.3) is 0 Å². The average Bonchev–Trinajstić information content (AvgIpc) is 2.92. The topological polar surface area (TPSA) is 80.9 Å². The van der Waals surface area contributed by atoms with E-state index in [1.165, 1.54) is 0 Å². The van der Waals surface area contributed by atoms with Gasteiger partial charge in [-0.2, -0.15) is 0 Å². The Bertz CT molecular complexity index is 273. The highest BCUT2D eigenvalue weighted by Gasteiger charge is 2.69. The van der Waals surface area contributed by atoms with Crippen LogP contribution in [0.15, 0.2) is 0 Å². The maximum Gasteiger partial charge on any atom is 0.0833 e. The Hall–Kier alpha value is -0.160. The standard InChI is InChI=1S/C12H18O4/c13-9-3-1-4(10(9)14)8-6-2-5(7(3)8)11(15)12(6)16/h3-16H,1-2H2/t3-,4+,5-,6+,7?,8?,9-,10+,11-,12+. The van der Waals surface area contributed by atoms with Crippen molar-refractivity contribution in [3.8, 4) is 0 Å². The van der Waals surface area contributed by atoms with E-state index in [-0.39, 0.29) is 23.7 Å². The van der Waals surface area contributed by atoms with Gasteiger partial charge in [0.05, 0.1) is 24.4 Å². The predicted molar refractivity (Wildman–Crippen MR) is 54.2 cm³/mol. The Balaban J connectivity index is 1.73. The Morgan fingerprint density at radius 2 is 0.750 bits per heavy atom. The minimum atomic E-state index is -0.602. The normalized spacial score (nSPS) is 71.2. The van der Waals surface area contributed by atoms with E-state index < -0.39 is 24.4 Å². The Morgan fingerprint density at radius 1 is 0.500 bits per heavy atom. The molecule has 0 amide bonds. The highest BCUT2D eigenvalue weighted by molar-refractivity contribution is 5.18. The van der Waals surface area contributed by atoms with Crippen LogP contribution in [0.3, 0.4) is 0 Å². The third kappa shape index (κ3) is 0.849. The van der Waals surface area contributed by atoms with Crippen molar-refractivity contribution < 1.29 is 20.4 Å². The van der Waals surface area contributed by atoms with Crippen LogP contribution < -0.4 is 0 Å². The highest BCUT2D eigenvalue weighted by atomic mass is 16.3. The van der Waals surface area contributed by atoms with Crippen molar-refractivity contribution in [2.45, 2.75) is 37.3 Å². The molecule has 0 unspecified atom stereocenters. The summed E-state index contributed by atoms with van der Waals surface area (Å²) in [5.74, 6) is 1.30. The van der Waals surface area contributed by atoms with Crippen LogP contribution in [-0.2, 0) is 0 Å². The van der Waals surface area contributed by atoms with Crippen molar-refractivity contribution >= 4 is 0 Å². The molecule has 90 valence electrons. The molecule has 4 bridgehead atoms. The monoisotopic (exact) mass is 226 g/mol. The first-order valence-corrected chi connectivity index (χ1v) is 6.33. The molecular weight excluding hydrogens is 208 g/mol. The molecule has 4 fully saturated rings. The van der Waals surface area contributed by atoms with Crippen molar-refractivity contribution in [1.82, 2.24) is 0 Å². The second-order valence-corrected chi connectivity index (χ2v) is 6.24. The van der Waals surface area contributed by atoms with Crippen molar-refractivity contribution in [3.05, 3.63) is 0 Å². The molecule has 0 aliphatic heterocycles. The maximum atomic E-state index is 9.92. The zero-order chi connectivity index (χ0) is 11.2. The second-order valence-electron chi connectivity index (χ2n) is 6.24. The zero-order valence-corrected chi connectivity index (χ0v) is 8.98. The summed E-state index contributed by atoms with van der Waals surface area (Å²) in [6, 6.07) is 0. The molecule has 4 N–H and O–H groups in total. The van der Waals surface area contributed by atoms with Gasteiger partial charge in [-0.05, 0) is 48.3 Å². The fraction of sp³-hybridized carbons (Fsp3) is 1.00. The van der Waals surface area contributed by atoms with E-state index in [4.69, 9.17) is 0 Å². The fourth-order valence-electron chi connectivity index (χ4n) is 5.52. The van der Waals surface area contributed by atoms with Gasteiger partial charge in [0.1, 0.15) is 0 Å². The summed E-state index contributed by atoms with van der Waals surface area (Å²) < 4.78 is 0. The van der Waals surface area contributed by atoms with E-state index in [0.717, 1.165) is 12.8 Å². The second kappa shape index (κ2) is 2.80. The van der Waals surface area contributed by atoms with Crippen LogP contribution in [0.5, 0.6) is 0 Å². The van der Waals surface area contributed by atoms with Gasteiger partial charge in [-0.25, -0.2) is 0 Å². The minimum absolute atomic E-state index is 0.155. The average molecular weight is 226 g/mol. The van der Waals surface area contributed by atoms with Crippen molar-refractivity contribution in [3.63, 3.8) is 0 Å². The van der Waals surface area contributed by atoms with Gasteiger partial charge in [-0.1, -0.05) is 0 Å². The Morgan fingerprint density at radius 3 is 1.00 bits per heavy atom. The SMILES string of the molecule is O[C@@H]1[C@H](O)[C@@H]2C[C@H]1C1C2[C@H]2C[C@@H]1[C@H](O)[C@@H]2O. The van der Waals surface area contributed by atoms with Crippen molar-refractivity contribution in [2.24, 2.45) is 35.5 Å². The van der Waals surface area contributed by atoms with Crippen LogP contribution >= 0.6 is 0 Å². The summed E-state index contributed by atoms with van der Waals surface area (Å²) in [7, 11) is 0. The van der Waals surface area contributed by atoms with Crippen LogP contribution in [0.4, 0.5) is 0 Å². The number of hydrogen-bond acceptors (Lipinski definition) is 4. The molecule has 0 saturated heterocycles. The summed E-state index contributed by atoms with van der Waals surface area (Å²) in [6.45, 7) is 0. The zero-order valence-electron chi connectivity index (χ0n) is 8.98. The molecule has 0 radical (unpaired) electrons. The molecule has 8 atom stereocenters. The van der Waals surface area contributed by atoms with Gasteiger partial charge in [-0.3, -0.25) is 0 Å². The van der Waals surface area contributed by atoms with Crippen LogP contribution in [0.1, 0.15) is 12.8 Å². The molecule has 0 heterocycles. The van der Waals surface area contributed by atoms with E-state index in [2.05, 4.69) is 0 Å². The molecule has 0 aromatic rings. The van der Waals surface area contributed by atoms with Gasteiger partial charge in [0.15, 0.2) is 0 Å². The molecule has 0 aromatic heterocycles. The van der Waals surface area contributed by atoms with Gasteiger partial charge in [0, 0.05) is 0 Å². The van der Waals surface area contributed by atoms with Gasteiger partial charge in [0.2, 0.25) is 0 Å². The minimum Gasteiger partial charge on any atom is -0.390 e. The highest BCUT2D eigenvalue weighted by Crippen LogP contribution is 2.67. The summed E-state index contributed by atoms with van der Waals surface area (Å²) >= 11 is 0. The van der Waals surface area contributed by atoms with Crippen molar-refractivity contribution in [1.29, 1.82) is 0 Å². The lowest BCUT2D eigenvalue weighted by Crippen LogP contribution is -2.50. The number of aliphatic hydroxyl groups is 4. The molecule has 4 aliphatic carbocycles. The lowest BCUT2D eigenvalue weighted by Gasteiger charge is -2.42. The predicted octanol–water partition coefficient (Wildman–Crippen LogP) is -1.04. The number of hydrogen-bond donors (Lipinski definition) is 4. The van der Waals surface area contributed by atoms with E-state index >= 15 is 0 Å². The van der Waals surface area contributed by atoms with Crippen molar-refractivity contribution in [2.75, 3.05) is 0 Å². The van der Waals surface area contributed by atoms with Crippen LogP contribution in [-0.4, -0.2) is 44.8 Å².